The number of rotatable bonds is 11. The zero-order valence-electron chi connectivity index (χ0n) is 35.4. The Balaban J connectivity index is 1.11. The van der Waals surface area contributed by atoms with E-state index in [0.29, 0.717) is 60.8 Å². The van der Waals surface area contributed by atoms with Crippen molar-refractivity contribution in [2.45, 2.75) is 149 Å². The van der Waals surface area contributed by atoms with Crippen LogP contribution in [0, 0.1) is 51.2 Å². The third kappa shape index (κ3) is 6.80. The van der Waals surface area contributed by atoms with Gasteiger partial charge >= 0.3 is 5.97 Å². The quantitative estimate of drug-likeness (QED) is 0.203. The van der Waals surface area contributed by atoms with Crippen LogP contribution < -0.4 is 5.32 Å². The van der Waals surface area contributed by atoms with Gasteiger partial charge in [0.25, 0.3) is 0 Å². The molecule has 6 aliphatic carbocycles. The van der Waals surface area contributed by atoms with Crippen LogP contribution in [0.1, 0.15) is 138 Å². The molecule has 9 atom stereocenters. The lowest BCUT2D eigenvalue weighted by atomic mass is 9.33. The van der Waals surface area contributed by atoms with E-state index in [1.54, 1.807) is 0 Å². The molecule has 1 aliphatic heterocycles. The van der Waals surface area contributed by atoms with Crippen molar-refractivity contribution < 1.29 is 22.7 Å². The molecule has 0 aromatic rings. The number of sulfone groups is 1. The summed E-state index contributed by atoms with van der Waals surface area (Å²) in [5, 5.41) is 14.0. The maximum absolute atomic E-state index is 13.2. The molecule has 0 radical (unpaired) electrons. The van der Waals surface area contributed by atoms with Gasteiger partial charge in [-0.1, -0.05) is 64.5 Å². The number of likely N-dealkylation sites (tertiary alicyclic amines) is 1. The average molecular weight is 781 g/mol. The molecular weight excluding hydrogens is 708 g/mol. The third-order valence-electron chi connectivity index (χ3n) is 18.3. The molecule has 6 nitrogen and oxygen atoms in total. The number of allylic oxidation sites excluding steroid dienone is 6. The second-order valence-corrected chi connectivity index (χ2v) is 23.3. The summed E-state index contributed by atoms with van der Waals surface area (Å²) in [4.78, 5) is 14.6. The zero-order valence-corrected chi connectivity index (χ0v) is 36.2. The van der Waals surface area contributed by atoms with E-state index in [-0.39, 0.29) is 32.4 Å². The maximum Gasteiger partial charge on any atom is 0.331 e. The topological polar surface area (TPSA) is 86.7 Å². The summed E-state index contributed by atoms with van der Waals surface area (Å²) in [7, 11) is -2.96. The summed E-state index contributed by atoms with van der Waals surface area (Å²) in [6.07, 6.45) is 20.8. The van der Waals surface area contributed by atoms with Crippen LogP contribution >= 0.6 is 0 Å². The van der Waals surface area contributed by atoms with Gasteiger partial charge in [-0.3, -0.25) is 4.39 Å². The Morgan fingerprint density at radius 1 is 0.964 bits per heavy atom. The number of nitrogens with one attached hydrogen (secondary N) is 1. The maximum atomic E-state index is 13.2. The molecule has 0 spiro atoms. The molecule has 308 valence electrons. The molecule has 3 unspecified atom stereocenters. The molecule has 0 amide bonds. The normalized spacial score (nSPS) is 40.7. The number of nitrogens with zero attached hydrogens (tertiary/aromatic N) is 1. The van der Waals surface area contributed by atoms with E-state index in [0.717, 1.165) is 51.0 Å². The Hall–Kier alpha value is -1.77. The fourth-order valence-electron chi connectivity index (χ4n) is 15.4. The standard InChI is InChI=1S/C47H73FN2O4S/c1-31(2)35-15-22-47(49-26-29-50-27-18-34(19-28-50)55(8,53)54)24-23-45(6)38(41(35)47)13-14-40-44(5)20-16-37(43(3,4)39(44)17-21-46(40,45)7)33-11-12-36(42(51)52)32(30-33)10-9-25-48/h11,16,34-35,38-41,49H,1,9-10,12-15,17-30H2,2-8H3,(H,51,52)/t35-,38+,39?,40?,41?,44-,45+,46+,47-/m0/s1. The Bertz CT molecular complexity index is 1740. The van der Waals surface area contributed by atoms with E-state index in [1.165, 1.54) is 74.3 Å². The molecule has 7 aliphatic rings. The number of piperidine rings is 1. The van der Waals surface area contributed by atoms with E-state index >= 15 is 0 Å². The fourth-order valence-corrected chi connectivity index (χ4v) is 16.4. The first kappa shape index (κ1) is 41.4. The molecule has 55 heavy (non-hydrogen) atoms. The van der Waals surface area contributed by atoms with Crippen molar-refractivity contribution in [1.29, 1.82) is 0 Å². The molecule has 1 heterocycles. The summed E-state index contributed by atoms with van der Waals surface area (Å²) in [6.45, 7) is 23.2. The van der Waals surface area contributed by atoms with Crippen molar-refractivity contribution in [3.05, 3.63) is 46.6 Å². The lowest BCUT2D eigenvalue weighted by Crippen LogP contribution is -2.68. The number of carboxylic acids is 1. The first-order chi connectivity index (χ1) is 25.8. The highest BCUT2D eigenvalue weighted by Gasteiger charge is 2.70. The van der Waals surface area contributed by atoms with Gasteiger partial charge in [0.05, 0.1) is 11.9 Å². The van der Waals surface area contributed by atoms with E-state index in [1.807, 2.05) is 0 Å². The number of hydrogen-bond acceptors (Lipinski definition) is 5. The van der Waals surface area contributed by atoms with Crippen molar-refractivity contribution in [1.82, 2.24) is 10.2 Å². The van der Waals surface area contributed by atoms with Gasteiger partial charge in [-0.15, -0.1) is 0 Å². The van der Waals surface area contributed by atoms with Crippen molar-refractivity contribution in [3.8, 4) is 0 Å². The molecule has 0 aromatic heterocycles. The van der Waals surface area contributed by atoms with Crippen LogP contribution in [-0.2, 0) is 14.6 Å². The summed E-state index contributed by atoms with van der Waals surface area (Å²) in [6, 6.07) is 0. The Kier molecular flexibility index (Phi) is 11.1. The molecule has 4 saturated carbocycles. The first-order valence-electron chi connectivity index (χ1n) is 22.0. The Morgan fingerprint density at radius 2 is 1.69 bits per heavy atom. The largest absolute Gasteiger partial charge is 0.478 e. The predicted molar refractivity (Wildman–Crippen MR) is 222 cm³/mol. The third-order valence-corrected chi connectivity index (χ3v) is 20.0. The van der Waals surface area contributed by atoms with Crippen LogP contribution in [0.25, 0.3) is 0 Å². The minimum absolute atomic E-state index is 0.0218. The van der Waals surface area contributed by atoms with Gasteiger partial charge < -0.3 is 15.3 Å². The van der Waals surface area contributed by atoms with Crippen molar-refractivity contribution in [2.75, 3.05) is 39.1 Å². The Morgan fingerprint density at radius 3 is 2.35 bits per heavy atom. The van der Waals surface area contributed by atoms with Gasteiger partial charge in [0.2, 0.25) is 0 Å². The number of fused-ring (bicyclic) bond motifs is 7. The second-order valence-electron chi connectivity index (χ2n) is 21.0. The van der Waals surface area contributed by atoms with E-state index in [2.05, 4.69) is 70.5 Å². The molecule has 1 saturated heterocycles. The summed E-state index contributed by atoms with van der Waals surface area (Å²) >= 11 is 0. The van der Waals surface area contributed by atoms with Gasteiger partial charge in [0.1, 0.15) is 9.84 Å². The van der Waals surface area contributed by atoms with Crippen molar-refractivity contribution in [2.24, 2.45) is 51.2 Å². The van der Waals surface area contributed by atoms with Crippen LogP contribution in [0.15, 0.2) is 46.6 Å². The second kappa shape index (κ2) is 14.8. The van der Waals surface area contributed by atoms with Crippen molar-refractivity contribution >= 4 is 15.8 Å². The van der Waals surface area contributed by atoms with Gasteiger partial charge in [0, 0.05) is 30.5 Å². The lowest BCUT2D eigenvalue weighted by molar-refractivity contribution is -0.221. The molecule has 5 fully saturated rings. The van der Waals surface area contributed by atoms with Gasteiger partial charge in [-0.25, -0.2) is 13.2 Å². The van der Waals surface area contributed by atoms with Crippen LogP contribution in [0.2, 0.25) is 0 Å². The van der Waals surface area contributed by atoms with E-state index in [9.17, 15) is 22.7 Å². The van der Waals surface area contributed by atoms with Crippen LogP contribution in [0.4, 0.5) is 4.39 Å². The molecule has 8 heteroatoms. The summed E-state index contributed by atoms with van der Waals surface area (Å²) in [5.41, 5.74) is 6.31. The highest BCUT2D eigenvalue weighted by molar-refractivity contribution is 7.91. The number of aliphatic carboxylic acids is 1. The first-order valence-corrected chi connectivity index (χ1v) is 24.0. The summed E-state index contributed by atoms with van der Waals surface area (Å²) < 4.78 is 37.6. The number of halogens is 1. The van der Waals surface area contributed by atoms with E-state index in [4.69, 9.17) is 0 Å². The zero-order chi connectivity index (χ0) is 39.8. The van der Waals surface area contributed by atoms with Crippen LogP contribution in [0.3, 0.4) is 0 Å². The van der Waals surface area contributed by atoms with Gasteiger partial charge in [0.15, 0.2) is 0 Å². The van der Waals surface area contributed by atoms with Gasteiger partial charge in [-0.05, 0) is 179 Å². The van der Waals surface area contributed by atoms with Crippen molar-refractivity contribution in [3.63, 3.8) is 0 Å². The fraction of sp³-hybridized carbons (Fsp3) is 0.809. The van der Waals surface area contributed by atoms with Gasteiger partial charge in [-0.2, -0.15) is 0 Å². The Labute approximate surface area is 333 Å². The highest BCUT2D eigenvalue weighted by Crippen LogP contribution is 2.76. The minimum atomic E-state index is -2.96. The smallest absolute Gasteiger partial charge is 0.331 e. The highest BCUT2D eigenvalue weighted by atomic mass is 32.2. The number of carbonyl (C=O) groups is 1. The number of hydrogen-bond donors (Lipinski definition) is 2. The molecule has 7 rings (SSSR count). The molecule has 0 aromatic carbocycles. The minimum Gasteiger partial charge on any atom is -0.478 e. The average Bonchev–Trinajstić information content (AvgIpc) is 3.50. The number of alkyl halides is 1. The molecule has 0 bridgehead atoms. The SMILES string of the molecule is C=C(C)[C@@H]1CC[C@]2(NCCN3CCC(S(C)(=O)=O)CC3)CC[C@]3(C)[C@H](CCC4[C@@]5(C)CC=C(C6=CCC(C(=O)O)=C(CCCF)C6)C(C)(C)C5CC[C@]43C)C12. The molecular formula is C47H73FN2O4S. The van der Waals surface area contributed by atoms with Crippen LogP contribution in [-0.4, -0.2) is 74.3 Å². The van der Waals surface area contributed by atoms with E-state index < -0.39 is 22.5 Å². The monoisotopic (exact) mass is 781 g/mol. The lowest BCUT2D eigenvalue weighted by Gasteiger charge is -2.72. The summed E-state index contributed by atoms with van der Waals surface area (Å²) in [5.74, 6) is 2.18. The van der Waals surface area contributed by atoms with Crippen LogP contribution in [0.5, 0.6) is 0 Å². The number of carboxylic acid groups (broad SMARTS) is 1. The predicted octanol–water partition coefficient (Wildman–Crippen LogP) is 9.88. The molecule has 2 N–H and O–H groups in total.